The zero-order valence-electron chi connectivity index (χ0n) is 12.1. The molecule has 2 rings (SSSR count). The molecular weight excluding hydrogens is 270 g/mol. The minimum absolute atomic E-state index is 0.198. The average Bonchev–Trinajstić information content (AvgIpc) is 2.99. The maximum Gasteiger partial charge on any atom is 0.335 e. The first-order valence-corrected chi connectivity index (χ1v) is 7.18. The van der Waals surface area contributed by atoms with Crippen LogP contribution in [-0.2, 0) is 0 Å². The van der Waals surface area contributed by atoms with E-state index in [-0.39, 0.29) is 11.6 Å². The molecule has 2 amide bonds. The largest absolute Gasteiger partial charge is 0.478 e. The highest BCUT2D eigenvalue weighted by Gasteiger charge is 2.18. The van der Waals surface area contributed by atoms with E-state index in [0.29, 0.717) is 18.3 Å². The van der Waals surface area contributed by atoms with Crippen LogP contribution in [0.4, 0.5) is 10.5 Å². The van der Waals surface area contributed by atoms with E-state index in [9.17, 15) is 9.59 Å². The Balaban J connectivity index is 1.77. The van der Waals surface area contributed by atoms with Gasteiger partial charge in [-0.15, -0.1) is 0 Å². The lowest BCUT2D eigenvalue weighted by Crippen LogP contribution is -2.42. The van der Waals surface area contributed by atoms with Crippen molar-refractivity contribution >= 4 is 17.7 Å². The molecule has 114 valence electrons. The molecule has 1 aromatic carbocycles. The summed E-state index contributed by atoms with van der Waals surface area (Å²) in [5, 5.41) is 14.3. The van der Waals surface area contributed by atoms with Gasteiger partial charge in [0.15, 0.2) is 0 Å². The Labute approximate surface area is 124 Å². The molecule has 1 unspecified atom stereocenters. The van der Waals surface area contributed by atoms with Crippen molar-refractivity contribution in [3.63, 3.8) is 0 Å². The van der Waals surface area contributed by atoms with Crippen LogP contribution in [0.5, 0.6) is 0 Å². The highest BCUT2D eigenvalue weighted by atomic mass is 16.4. The number of nitrogens with zero attached hydrogens (tertiary/aromatic N) is 1. The number of rotatable bonds is 5. The van der Waals surface area contributed by atoms with Gasteiger partial charge in [0.05, 0.1) is 5.56 Å². The third-order valence-corrected chi connectivity index (χ3v) is 3.71. The van der Waals surface area contributed by atoms with Crippen LogP contribution in [0.2, 0.25) is 0 Å². The van der Waals surface area contributed by atoms with Crippen LogP contribution in [0.3, 0.4) is 0 Å². The summed E-state index contributed by atoms with van der Waals surface area (Å²) < 4.78 is 0. The first kappa shape index (κ1) is 15.3. The molecular formula is C15H21N3O3. The molecule has 6 nitrogen and oxygen atoms in total. The molecule has 0 radical (unpaired) electrons. The third kappa shape index (κ3) is 4.46. The molecule has 1 fully saturated rings. The number of nitrogens with one attached hydrogen (secondary N) is 2. The van der Waals surface area contributed by atoms with E-state index in [0.717, 1.165) is 13.1 Å². The Hall–Kier alpha value is -2.08. The van der Waals surface area contributed by atoms with Crippen LogP contribution in [0.1, 0.15) is 30.1 Å². The fourth-order valence-corrected chi connectivity index (χ4v) is 2.42. The van der Waals surface area contributed by atoms with Crippen molar-refractivity contribution < 1.29 is 14.7 Å². The third-order valence-electron chi connectivity index (χ3n) is 3.71. The summed E-state index contributed by atoms with van der Waals surface area (Å²) in [5.74, 6) is -0.981. The number of carboxylic acids is 1. The number of likely N-dealkylation sites (tertiary alicyclic amines) is 1. The summed E-state index contributed by atoms with van der Waals surface area (Å²) in [5.41, 5.74) is 0.773. The van der Waals surface area contributed by atoms with Gasteiger partial charge >= 0.3 is 12.0 Å². The topological polar surface area (TPSA) is 81.7 Å². The van der Waals surface area contributed by atoms with Gasteiger partial charge in [0.25, 0.3) is 0 Å². The number of urea groups is 1. The van der Waals surface area contributed by atoms with Crippen molar-refractivity contribution in [3.8, 4) is 0 Å². The molecule has 0 saturated carbocycles. The van der Waals surface area contributed by atoms with E-state index in [4.69, 9.17) is 5.11 Å². The van der Waals surface area contributed by atoms with Crippen molar-refractivity contribution in [3.05, 3.63) is 29.8 Å². The summed E-state index contributed by atoms with van der Waals surface area (Å²) in [7, 11) is 0. The van der Waals surface area contributed by atoms with Gasteiger partial charge in [0.2, 0.25) is 0 Å². The molecule has 0 aliphatic carbocycles. The monoisotopic (exact) mass is 291 g/mol. The number of hydrogen-bond donors (Lipinski definition) is 3. The molecule has 0 aromatic heterocycles. The van der Waals surface area contributed by atoms with Crippen molar-refractivity contribution in [2.75, 3.05) is 25.0 Å². The minimum atomic E-state index is -0.981. The summed E-state index contributed by atoms with van der Waals surface area (Å²) in [4.78, 5) is 24.9. The van der Waals surface area contributed by atoms with Crippen molar-refractivity contribution in [2.45, 2.75) is 25.8 Å². The second-order valence-electron chi connectivity index (χ2n) is 5.31. The smallest absolute Gasteiger partial charge is 0.335 e. The first-order chi connectivity index (χ1) is 10.1. The fourth-order valence-electron chi connectivity index (χ4n) is 2.42. The van der Waals surface area contributed by atoms with E-state index in [1.165, 1.54) is 25.0 Å². The number of amides is 2. The molecule has 3 N–H and O–H groups in total. The highest BCUT2D eigenvalue weighted by Crippen LogP contribution is 2.11. The van der Waals surface area contributed by atoms with Gasteiger partial charge in [-0.25, -0.2) is 9.59 Å². The molecule has 1 aliphatic heterocycles. The summed E-state index contributed by atoms with van der Waals surface area (Å²) in [6.07, 6.45) is 2.46. The van der Waals surface area contributed by atoms with Crippen LogP contribution in [0.25, 0.3) is 0 Å². The lowest BCUT2D eigenvalue weighted by Gasteiger charge is -2.23. The van der Waals surface area contributed by atoms with Gasteiger partial charge in [-0.2, -0.15) is 0 Å². The van der Waals surface area contributed by atoms with Crippen LogP contribution < -0.4 is 10.6 Å². The molecule has 0 bridgehead atoms. The number of carboxylic acid groups (broad SMARTS) is 1. The molecule has 1 heterocycles. The molecule has 1 aliphatic rings. The predicted molar refractivity (Wildman–Crippen MR) is 80.7 cm³/mol. The van der Waals surface area contributed by atoms with Gasteiger partial charge in [-0.1, -0.05) is 0 Å². The zero-order chi connectivity index (χ0) is 15.2. The Morgan fingerprint density at radius 3 is 2.43 bits per heavy atom. The Kier molecular flexibility index (Phi) is 5.16. The first-order valence-electron chi connectivity index (χ1n) is 7.18. The Morgan fingerprint density at radius 1 is 1.24 bits per heavy atom. The minimum Gasteiger partial charge on any atom is -0.478 e. The van der Waals surface area contributed by atoms with E-state index >= 15 is 0 Å². The second kappa shape index (κ2) is 7.08. The number of carbonyl (C=O) groups excluding carboxylic acids is 1. The van der Waals surface area contributed by atoms with Gasteiger partial charge in [-0.05, 0) is 57.1 Å². The average molecular weight is 291 g/mol. The van der Waals surface area contributed by atoms with Gasteiger partial charge in [0, 0.05) is 18.3 Å². The summed E-state index contributed by atoms with van der Waals surface area (Å²) >= 11 is 0. The van der Waals surface area contributed by atoms with Crippen molar-refractivity contribution in [1.82, 2.24) is 10.2 Å². The van der Waals surface area contributed by atoms with Crippen LogP contribution in [0, 0.1) is 0 Å². The maximum absolute atomic E-state index is 11.8. The Bertz CT molecular complexity index is 495. The highest BCUT2D eigenvalue weighted by molar-refractivity contribution is 5.91. The van der Waals surface area contributed by atoms with E-state index in [1.807, 2.05) is 0 Å². The number of hydrogen-bond acceptors (Lipinski definition) is 3. The summed E-state index contributed by atoms with van der Waals surface area (Å²) in [6.45, 7) is 4.90. The number of carbonyl (C=O) groups is 2. The van der Waals surface area contributed by atoms with Crippen LogP contribution in [0.15, 0.2) is 24.3 Å². The number of aromatic carboxylic acids is 1. The van der Waals surface area contributed by atoms with Crippen molar-refractivity contribution in [2.24, 2.45) is 0 Å². The quantitative estimate of drug-likeness (QED) is 0.775. The lowest BCUT2D eigenvalue weighted by molar-refractivity contribution is 0.0697. The van der Waals surface area contributed by atoms with E-state index in [1.54, 1.807) is 12.1 Å². The second-order valence-corrected chi connectivity index (χ2v) is 5.31. The van der Waals surface area contributed by atoms with Gasteiger partial charge in [-0.3, -0.25) is 4.90 Å². The standard InChI is InChI=1S/C15H21N3O3/c1-11(18-8-2-3-9-18)10-16-15(21)17-13-6-4-12(5-7-13)14(19)20/h4-7,11H,2-3,8-10H2,1H3,(H,19,20)(H2,16,17,21). The fraction of sp³-hybridized carbons (Fsp3) is 0.467. The van der Waals surface area contributed by atoms with E-state index in [2.05, 4.69) is 22.5 Å². The Morgan fingerprint density at radius 2 is 1.86 bits per heavy atom. The molecule has 21 heavy (non-hydrogen) atoms. The zero-order valence-corrected chi connectivity index (χ0v) is 12.1. The normalized spacial score (nSPS) is 16.4. The molecule has 0 spiro atoms. The number of benzene rings is 1. The van der Waals surface area contributed by atoms with Gasteiger partial charge < -0.3 is 15.7 Å². The molecule has 1 saturated heterocycles. The van der Waals surface area contributed by atoms with Crippen molar-refractivity contribution in [1.29, 1.82) is 0 Å². The number of anilines is 1. The maximum atomic E-state index is 11.8. The van der Waals surface area contributed by atoms with E-state index < -0.39 is 5.97 Å². The SMILES string of the molecule is CC(CNC(=O)Nc1ccc(C(=O)O)cc1)N1CCCC1. The molecule has 6 heteroatoms. The van der Waals surface area contributed by atoms with Gasteiger partial charge in [0.1, 0.15) is 0 Å². The van der Waals surface area contributed by atoms with Crippen LogP contribution >= 0.6 is 0 Å². The predicted octanol–water partition coefficient (Wildman–Crippen LogP) is 1.99. The molecule has 1 atom stereocenters. The molecule has 1 aromatic rings. The lowest BCUT2D eigenvalue weighted by atomic mass is 10.2. The summed E-state index contributed by atoms with van der Waals surface area (Å²) in [6, 6.07) is 6.13. The van der Waals surface area contributed by atoms with Crippen LogP contribution in [-0.4, -0.2) is 47.7 Å².